The lowest BCUT2D eigenvalue weighted by molar-refractivity contribution is 0.204. The molecule has 0 atom stereocenters. The SMILES string of the molecule is F[B-](F)(F)F.NC(=O)N(N)CCCCCN(N)C(N)=O. The van der Waals surface area contributed by atoms with Gasteiger partial charge in [-0.2, -0.15) is 0 Å². The number of hydrogen-bond donors (Lipinski definition) is 4. The summed E-state index contributed by atoms with van der Waals surface area (Å²) < 4.78 is 39.0. The van der Waals surface area contributed by atoms with Crippen molar-refractivity contribution in [3.8, 4) is 0 Å². The number of amides is 4. The Balaban J connectivity index is 0. The molecule has 0 aromatic carbocycles. The van der Waals surface area contributed by atoms with E-state index in [0.717, 1.165) is 16.4 Å². The molecule has 0 rings (SSSR count). The number of rotatable bonds is 6. The fourth-order valence-corrected chi connectivity index (χ4v) is 0.961. The van der Waals surface area contributed by atoms with Gasteiger partial charge in [0.2, 0.25) is 0 Å². The van der Waals surface area contributed by atoms with Crippen molar-refractivity contribution in [2.24, 2.45) is 23.2 Å². The van der Waals surface area contributed by atoms with Crippen molar-refractivity contribution in [1.29, 1.82) is 0 Å². The molecule has 0 unspecified atom stereocenters. The predicted octanol–water partition coefficient (Wildman–Crippen LogP) is -0.0345. The molecular weight excluding hydrogens is 287 g/mol. The summed E-state index contributed by atoms with van der Waals surface area (Å²) in [6, 6.07) is -1.32. The maximum atomic E-state index is 10.5. The van der Waals surface area contributed by atoms with E-state index >= 15 is 0 Å². The van der Waals surface area contributed by atoms with Crippen LogP contribution in [0.1, 0.15) is 19.3 Å². The van der Waals surface area contributed by atoms with Crippen LogP contribution in [0.3, 0.4) is 0 Å². The van der Waals surface area contributed by atoms with Crippen LogP contribution in [0.15, 0.2) is 0 Å². The van der Waals surface area contributed by atoms with Crippen LogP contribution in [-0.2, 0) is 0 Å². The van der Waals surface area contributed by atoms with E-state index in [1.165, 1.54) is 0 Å². The normalized spacial score (nSPS) is 10.3. The van der Waals surface area contributed by atoms with E-state index in [9.17, 15) is 26.9 Å². The number of nitrogens with two attached hydrogens (primary N) is 4. The van der Waals surface area contributed by atoms with Crippen LogP contribution in [0.4, 0.5) is 26.9 Å². The molecule has 0 radical (unpaired) electrons. The summed E-state index contributed by atoms with van der Waals surface area (Å²) in [7, 11) is -6.00. The summed E-state index contributed by atoms with van der Waals surface area (Å²) in [5.74, 6) is 10.5. The van der Waals surface area contributed by atoms with E-state index in [1.54, 1.807) is 0 Å². The second kappa shape index (κ2) is 10.1. The summed E-state index contributed by atoms with van der Waals surface area (Å²) in [5.41, 5.74) is 9.82. The highest BCUT2D eigenvalue weighted by Crippen LogP contribution is 2.06. The molecule has 0 aliphatic rings. The van der Waals surface area contributed by atoms with Crippen LogP contribution in [0, 0.1) is 0 Å². The van der Waals surface area contributed by atoms with Gasteiger partial charge in [-0.05, 0) is 19.3 Å². The van der Waals surface area contributed by atoms with Gasteiger partial charge in [0.1, 0.15) is 0 Å². The molecular formula is C7H18BF4N6O2-. The van der Waals surface area contributed by atoms with Gasteiger partial charge in [0.25, 0.3) is 0 Å². The second-order valence-electron chi connectivity index (χ2n) is 3.62. The Bertz CT molecular complexity index is 278. The summed E-state index contributed by atoms with van der Waals surface area (Å²) in [6.07, 6.45) is 2.18. The van der Waals surface area contributed by atoms with Crippen LogP contribution in [0.25, 0.3) is 0 Å². The molecule has 4 amide bonds. The summed E-state index contributed by atoms with van der Waals surface area (Å²) in [4.78, 5) is 21.0. The van der Waals surface area contributed by atoms with Crippen molar-refractivity contribution in [2.45, 2.75) is 19.3 Å². The average molecular weight is 305 g/mol. The fraction of sp³-hybridized carbons (Fsp3) is 0.714. The molecule has 0 bridgehead atoms. The number of carbonyl (C=O) groups is 2. The van der Waals surface area contributed by atoms with Crippen molar-refractivity contribution < 1.29 is 26.9 Å². The van der Waals surface area contributed by atoms with Crippen LogP contribution in [0.2, 0.25) is 0 Å². The zero-order valence-corrected chi connectivity index (χ0v) is 10.6. The fourth-order valence-electron chi connectivity index (χ4n) is 0.961. The molecule has 0 aromatic rings. The van der Waals surface area contributed by atoms with Gasteiger partial charge in [-0.3, -0.25) is 10.0 Å². The molecule has 0 aliphatic carbocycles. The first-order chi connectivity index (χ1) is 8.95. The highest BCUT2D eigenvalue weighted by atomic mass is 19.5. The van der Waals surface area contributed by atoms with Gasteiger partial charge in [0.05, 0.1) is 0 Å². The quantitative estimate of drug-likeness (QED) is 0.136. The summed E-state index contributed by atoms with van der Waals surface area (Å²) in [6.45, 7) is 0.771. The number of hydrogen-bond acceptors (Lipinski definition) is 4. The summed E-state index contributed by atoms with van der Waals surface area (Å²) in [5, 5.41) is 1.88. The lowest BCUT2D eigenvalue weighted by atomic mass is 10.2. The Kier molecular flexibility index (Phi) is 10.4. The molecule has 0 heterocycles. The van der Waals surface area contributed by atoms with Crippen molar-refractivity contribution in [3.05, 3.63) is 0 Å². The van der Waals surface area contributed by atoms with Gasteiger partial charge in [0.15, 0.2) is 0 Å². The molecule has 0 saturated heterocycles. The Labute approximate surface area is 113 Å². The Hall–Kier alpha value is -1.76. The standard InChI is InChI=1S/C7H18N6O2.BF4/c8-6(14)12(10)4-2-1-3-5-13(11)7(9)15;2-1(3,4)5/h1-5,10-11H2,(H2,8,14)(H2,9,15);/q;-1. The van der Waals surface area contributed by atoms with Crippen molar-refractivity contribution in [1.82, 2.24) is 10.0 Å². The Morgan fingerprint density at radius 3 is 1.25 bits per heavy atom. The van der Waals surface area contributed by atoms with E-state index in [2.05, 4.69) is 0 Å². The third-order valence-electron chi connectivity index (χ3n) is 1.86. The molecule has 8 nitrogen and oxygen atoms in total. The maximum absolute atomic E-state index is 10.5. The minimum Gasteiger partial charge on any atom is -0.418 e. The number of hydrazine groups is 2. The molecule has 120 valence electrons. The van der Waals surface area contributed by atoms with Gasteiger partial charge < -0.3 is 28.7 Å². The van der Waals surface area contributed by atoms with Gasteiger partial charge in [0, 0.05) is 13.1 Å². The van der Waals surface area contributed by atoms with E-state index in [4.69, 9.17) is 23.2 Å². The number of nitrogens with zero attached hydrogens (tertiary/aromatic N) is 2. The largest absolute Gasteiger partial charge is 0.673 e. The number of urea groups is 2. The number of primary amides is 2. The van der Waals surface area contributed by atoms with Crippen LogP contribution in [0.5, 0.6) is 0 Å². The third-order valence-corrected chi connectivity index (χ3v) is 1.86. The van der Waals surface area contributed by atoms with Gasteiger partial charge in [-0.1, -0.05) is 0 Å². The monoisotopic (exact) mass is 305 g/mol. The highest BCUT2D eigenvalue weighted by Gasteiger charge is 2.20. The number of unbranched alkanes of at least 4 members (excludes halogenated alkanes) is 2. The molecule has 0 saturated carbocycles. The van der Waals surface area contributed by atoms with Gasteiger partial charge in [-0.25, -0.2) is 21.3 Å². The summed E-state index contributed by atoms with van der Waals surface area (Å²) >= 11 is 0. The minimum absolute atomic E-state index is 0.385. The van der Waals surface area contributed by atoms with Crippen LogP contribution >= 0.6 is 0 Å². The molecule has 13 heteroatoms. The van der Waals surface area contributed by atoms with Crippen LogP contribution < -0.4 is 23.2 Å². The second-order valence-corrected chi connectivity index (χ2v) is 3.62. The van der Waals surface area contributed by atoms with Crippen LogP contribution in [-0.4, -0.2) is 42.4 Å². The lowest BCUT2D eigenvalue weighted by Gasteiger charge is -2.15. The molecule has 20 heavy (non-hydrogen) atoms. The zero-order chi connectivity index (χ0) is 16.3. The van der Waals surface area contributed by atoms with Gasteiger partial charge >= 0.3 is 19.3 Å². The Morgan fingerprint density at radius 2 is 1.05 bits per heavy atom. The maximum Gasteiger partial charge on any atom is 0.673 e. The minimum atomic E-state index is -6.00. The van der Waals surface area contributed by atoms with Crippen molar-refractivity contribution in [2.75, 3.05) is 13.1 Å². The predicted molar refractivity (Wildman–Crippen MR) is 65.0 cm³/mol. The topological polar surface area (TPSA) is 145 Å². The van der Waals surface area contributed by atoms with Crippen molar-refractivity contribution in [3.63, 3.8) is 0 Å². The first kappa shape index (κ1) is 20.6. The lowest BCUT2D eigenvalue weighted by Crippen LogP contribution is -2.42. The van der Waals surface area contributed by atoms with E-state index < -0.39 is 19.3 Å². The molecule has 0 spiro atoms. The van der Waals surface area contributed by atoms with E-state index in [0.29, 0.717) is 25.9 Å². The van der Waals surface area contributed by atoms with E-state index in [1.807, 2.05) is 0 Å². The first-order valence-corrected chi connectivity index (χ1v) is 5.45. The molecule has 0 aromatic heterocycles. The number of carbonyl (C=O) groups excluding carboxylic acids is 2. The number of halogens is 4. The smallest absolute Gasteiger partial charge is 0.418 e. The van der Waals surface area contributed by atoms with Gasteiger partial charge in [-0.15, -0.1) is 0 Å². The van der Waals surface area contributed by atoms with E-state index in [-0.39, 0.29) is 0 Å². The molecule has 8 N–H and O–H groups in total. The first-order valence-electron chi connectivity index (χ1n) is 5.45. The Morgan fingerprint density at radius 1 is 0.800 bits per heavy atom. The average Bonchev–Trinajstić information content (AvgIpc) is 2.25. The zero-order valence-electron chi connectivity index (χ0n) is 10.6. The third kappa shape index (κ3) is 18.6. The molecule has 0 aliphatic heterocycles. The highest BCUT2D eigenvalue weighted by molar-refractivity contribution is 6.50. The molecule has 0 fully saturated rings. The van der Waals surface area contributed by atoms with Crippen molar-refractivity contribution >= 4 is 19.3 Å².